The van der Waals surface area contributed by atoms with Gasteiger partial charge in [0.15, 0.2) is 0 Å². The molecule has 1 heterocycles. The van der Waals surface area contributed by atoms with E-state index in [1.807, 2.05) is 0 Å². The van der Waals surface area contributed by atoms with Crippen LogP contribution in [0.3, 0.4) is 0 Å². The van der Waals surface area contributed by atoms with Crippen molar-refractivity contribution in [2.75, 3.05) is 26.3 Å². The summed E-state index contributed by atoms with van der Waals surface area (Å²) in [6, 6.07) is 0.672. The number of allylic oxidation sites excluding steroid dienone is 1. The Bertz CT molecular complexity index is 173. The molecule has 0 N–H and O–H groups in total. The van der Waals surface area contributed by atoms with Gasteiger partial charge in [-0.2, -0.15) is 0 Å². The lowest BCUT2D eigenvalue weighted by Gasteiger charge is -2.36. The first kappa shape index (κ1) is 10.7. The molecule has 2 heteroatoms. The first-order valence-corrected chi connectivity index (χ1v) is 5.25. The van der Waals surface area contributed by atoms with Crippen molar-refractivity contribution >= 4 is 0 Å². The summed E-state index contributed by atoms with van der Waals surface area (Å²) >= 11 is 0. The zero-order valence-electron chi connectivity index (χ0n) is 9.05. The highest BCUT2D eigenvalue weighted by molar-refractivity contribution is 4.99. The summed E-state index contributed by atoms with van der Waals surface area (Å²) in [5.74, 6) is 0. The van der Waals surface area contributed by atoms with E-state index in [-0.39, 0.29) is 0 Å². The Balaban J connectivity index is 2.30. The lowest BCUT2D eigenvalue weighted by molar-refractivity contribution is -0.0594. The zero-order chi connectivity index (χ0) is 9.68. The third-order valence-electron chi connectivity index (χ3n) is 2.77. The van der Waals surface area contributed by atoms with E-state index >= 15 is 0 Å². The van der Waals surface area contributed by atoms with Gasteiger partial charge in [0.05, 0.1) is 19.3 Å². The summed E-state index contributed by atoms with van der Waals surface area (Å²) in [5, 5.41) is 0. The van der Waals surface area contributed by atoms with Crippen molar-refractivity contribution in [1.29, 1.82) is 0 Å². The Kier molecular flexibility index (Phi) is 4.46. The molecule has 76 valence electrons. The minimum atomic E-state index is 0.672. The third kappa shape index (κ3) is 3.12. The second-order valence-electron chi connectivity index (χ2n) is 3.68. The van der Waals surface area contributed by atoms with Crippen molar-refractivity contribution in [2.24, 2.45) is 0 Å². The number of ether oxygens (including phenoxy) is 1. The monoisotopic (exact) mass is 183 g/mol. The number of hydrogen-bond acceptors (Lipinski definition) is 2. The van der Waals surface area contributed by atoms with Crippen molar-refractivity contribution in [3.8, 4) is 0 Å². The van der Waals surface area contributed by atoms with Gasteiger partial charge in [-0.25, -0.2) is 0 Å². The van der Waals surface area contributed by atoms with E-state index in [4.69, 9.17) is 4.74 Å². The smallest absolute Gasteiger partial charge is 0.0645 e. The highest BCUT2D eigenvalue weighted by Crippen LogP contribution is 2.10. The largest absolute Gasteiger partial charge is 0.378 e. The first-order chi connectivity index (χ1) is 6.27. The lowest BCUT2D eigenvalue weighted by Crippen LogP contribution is -2.48. The molecule has 1 saturated heterocycles. The molecule has 0 aliphatic carbocycles. The van der Waals surface area contributed by atoms with E-state index in [1.165, 1.54) is 12.0 Å². The number of rotatable bonds is 5. The molecular formula is C11H21NO. The molecule has 0 amide bonds. The third-order valence-corrected chi connectivity index (χ3v) is 2.77. The highest BCUT2D eigenvalue weighted by Gasteiger charge is 2.23. The fourth-order valence-electron chi connectivity index (χ4n) is 1.39. The molecule has 0 saturated carbocycles. The molecule has 0 aromatic rings. The Labute approximate surface area is 81.6 Å². The van der Waals surface area contributed by atoms with E-state index in [0.29, 0.717) is 6.04 Å². The average Bonchev–Trinajstić information content (AvgIpc) is 2.08. The zero-order valence-corrected chi connectivity index (χ0v) is 9.05. The fraction of sp³-hybridized carbons (Fsp3) is 0.818. The molecule has 0 aromatic heterocycles. The summed E-state index contributed by atoms with van der Waals surface area (Å²) in [4.78, 5) is 2.47. The van der Waals surface area contributed by atoms with Crippen LogP contribution in [-0.4, -0.2) is 37.2 Å². The minimum Gasteiger partial charge on any atom is -0.378 e. The molecule has 0 aromatic carbocycles. The topological polar surface area (TPSA) is 12.5 Å². The van der Waals surface area contributed by atoms with Crippen LogP contribution < -0.4 is 0 Å². The predicted octanol–water partition coefficient (Wildman–Crippen LogP) is 2.06. The van der Waals surface area contributed by atoms with Gasteiger partial charge in [0.25, 0.3) is 0 Å². The van der Waals surface area contributed by atoms with Crippen LogP contribution in [0.25, 0.3) is 0 Å². The molecule has 0 unspecified atom stereocenters. The average molecular weight is 183 g/mol. The second-order valence-corrected chi connectivity index (χ2v) is 3.68. The highest BCUT2D eigenvalue weighted by atomic mass is 16.5. The Morgan fingerprint density at radius 1 is 1.46 bits per heavy atom. The van der Waals surface area contributed by atoms with Crippen molar-refractivity contribution in [3.05, 3.63) is 11.6 Å². The van der Waals surface area contributed by atoms with Gasteiger partial charge >= 0.3 is 0 Å². The summed E-state index contributed by atoms with van der Waals surface area (Å²) in [7, 11) is 0. The maximum absolute atomic E-state index is 5.19. The van der Waals surface area contributed by atoms with Gasteiger partial charge in [-0.3, -0.25) is 4.90 Å². The molecule has 1 aliphatic heterocycles. The van der Waals surface area contributed by atoms with Crippen LogP contribution in [0.1, 0.15) is 27.2 Å². The Morgan fingerprint density at radius 2 is 2.15 bits per heavy atom. The Morgan fingerprint density at radius 3 is 2.54 bits per heavy atom. The molecule has 2 nitrogen and oxygen atoms in total. The molecule has 0 atom stereocenters. The maximum atomic E-state index is 5.19. The predicted molar refractivity (Wildman–Crippen MR) is 55.9 cm³/mol. The van der Waals surface area contributed by atoms with Crippen molar-refractivity contribution in [3.63, 3.8) is 0 Å². The quantitative estimate of drug-likeness (QED) is 0.605. The summed E-state index contributed by atoms with van der Waals surface area (Å²) in [6.07, 6.45) is 3.50. The fourth-order valence-corrected chi connectivity index (χ4v) is 1.39. The van der Waals surface area contributed by atoms with Gasteiger partial charge in [-0.05, 0) is 19.9 Å². The van der Waals surface area contributed by atoms with Crippen LogP contribution in [0, 0.1) is 0 Å². The first-order valence-electron chi connectivity index (χ1n) is 5.25. The van der Waals surface area contributed by atoms with Crippen LogP contribution in [-0.2, 0) is 4.74 Å². The SMILES string of the molecule is CC/C(C)=C\CN(CC)C1COC1. The van der Waals surface area contributed by atoms with Gasteiger partial charge in [-0.15, -0.1) is 0 Å². The summed E-state index contributed by atoms with van der Waals surface area (Å²) < 4.78 is 5.19. The number of hydrogen-bond donors (Lipinski definition) is 0. The van der Waals surface area contributed by atoms with E-state index in [2.05, 4.69) is 31.7 Å². The molecule has 0 bridgehead atoms. The molecule has 0 spiro atoms. The molecule has 1 aliphatic rings. The van der Waals surface area contributed by atoms with E-state index in [0.717, 1.165) is 26.3 Å². The number of likely N-dealkylation sites (N-methyl/N-ethyl adjacent to an activating group) is 1. The Hall–Kier alpha value is -0.340. The van der Waals surface area contributed by atoms with E-state index in [9.17, 15) is 0 Å². The van der Waals surface area contributed by atoms with Crippen LogP contribution in [0.2, 0.25) is 0 Å². The normalized spacial score (nSPS) is 19.2. The van der Waals surface area contributed by atoms with Gasteiger partial charge < -0.3 is 4.74 Å². The molecule has 0 radical (unpaired) electrons. The molecular weight excluding hydrogens is 162 g/mol. The van der Waals surface area contributed by atoms with Crippen LogP contribution in [0.15, 0.2) is 11.6 Å². The van der Waals surface area contributed by atoms with Crippen molar-refractivity contribution < 1.29 is 4.74 Å². The molecule has 1 fully saturated rings. The lowest BCUT2D eigenvalue weighted by atomic mass is 10.2. The summed E-state index contributed by atoms with van der Waals surface area (Å²) in [6.45, 7) is 10.7. The van der Waals surface area contributed by atoms with Crippen molar-refractivity contribution in [2.45, 2.75) is 33.2 Å². The van der Waals surface area contributed by atoms with Gasteiger partial charge in [0.2, 0.25) is 0 Å². The van der Waals surface area contributed by atoms with Crippen LogP contribution >= 0.6 is 0 Å². The summed E-state index contributed by atoms with van der Waals surface area (Å²) in [5.41, 5.74) is 1.48. The van der Waals surface area contributed by atoms with Gasteiger partial charge in [-0.1, -0.05) is 25.5 Å². The van der Waals surface area contributed by atoms with Gasteiger partial charge in [0, 0.05) is 6.54 Å². The van der Waals surface area contributed by atoms with E-state index in [1.54, 1.807) is 0 Å². The molecule has 13 heavy (non-hydrogen) atoms. The van der Waals surface area contributed by atoms with Crippen LogP contribution in [0.4, 0.5) is 0 Å². The van der Waals surface area contributed by atoms with E-state index < -0.39 is 0 Å². The van der Waals surface area contributed by atoms with Crippen molar-refractivity contribution in [1.82, 2.24) is 4.90 Å². The van der Waals surface area contributed by atoms with Gasteiger partial charge in [0.1, 0.15) is 0 Å². The standard InChI is InChI=1S/C11H21NO/c1-4-10(3)6-7-12(5-2)11-8-13-9-11/h6,11H,4-5,7-9H2,1-3H3/b10-6-. The second kappa shape index (κ2) is 5.40. The van der Waals surface area contributed by atoms with Crippen LogP contribution in [0.5, 0.6) is 0 Å². The molecule has 1 rings (SSSR count). The number of nitrogens with zero attached hydrogens (tertiary/aromatic N) is 1. The minimum absolute atomic E-state index is 0.672. The maximum Gasteiger partial charge on any atom is 0.0645 e.